The Morgan fingerprint density at radius 1 is 1.36 bits per heavy atom. The van der Waals surface area contributed by atoms with Crippen LogP contribution in [0.25, 0.3) is 0 Å². The molecule has 2 N–H and O–H groups in total. The molecule has 0 saturated heterocycles. The van der Waals surface area contributed by atoms with E-state index in [1.807, 2.05) is 0 Å². The number of hydrogen-bond donors (Lipinski definition) is 2. The highest BCUT2D eigenvalue weighted by Gasteiger charge is 2.08. The second kappa shape index (κ2) is 9.44. The number of nitrogens with one attached hydrogen (secondary N) is 1. The Kier molecular flexibility index (Phi) is 9.35. The minimum Gasteiger partial charge on any atom is -0.396 e. The van der Waals surface area contributed by atoms with Crippen molar-refractivity contribution in [1.29, 1.82) is 0 Å². The summed E-state index contributed by atoms with van der Waals surface area (Å²) in [5, 5.41) is 12.3. The maximum atomic E-state index is 8.89. The predicted molar refractivity (Wildman–Crippen MR) is 61.6 cm³/mol. The van der Waals surface area contributed by atoms with Crippen LogP contribution in [0, 0.1) is 0 Å². The summed E-state index contributed by atoms with van der Waals surface area (Å²) in [6.07, 6.45) is 3.36. The molecule has 0 aliphatic heterocycles. The predicted octanol–water partition coefficient (Wildman–Crippen LogP) is 1.08. The molecule has 14 heavy (non-hydrogen) atoms. The van der Waals surface area contributed by atoms with E-state index < -0.39 is 0 Å². The van der Waals surface area contributed by atoms with Crippen LogP contribution in [0.3, 0.4) is 0 Å². The minimum atomic E-state index is 0.277. The summed E-state index contributed by atoms with van der Waals surface area (Å²) < 4.78 is 0. The quantitative estimate of drug-likeness (QED) is 0.587. The molecule has 0 bridgehead atoms. The van der Waals surface area contributed by atoms with Crippen LogP contribution in [0.15, 0.2) is 0 Å². The smallest absolute Gasteiger partial charge is 0.0446 e. The molecule has 1 atom stereocenters. The fourth-order valence-corrected chi connectivity index (χ4v) is 1.60. The number of aliphatic hydroxyl groups excluding tert-OH is 1. The zero-order chi connectivity index (χ0) is 10.8. The van der Waals surface area contributed by atoms with Crippen molar-refractivity contribution in [2.75, 3.05) is 33.3 Å². The number of nitrogens with zero attached hydrogens (tertiary/aromatic N) is 1. The van der Waals surface area contributed by atoms with Gasteiger partial charge in [0.15, 0.2) is 0 Å². The zero-order valence-electron chi connectivity index (χ0n) is 9.92. The lowest BCUT2D eigenvalue weighted by Gasteiger charge is -2.24. The van der Waals surface area contributed by atoms with Gasteiger partial charge in [0.05, 0.1) is 0 Å². The van der Waals surface area contributed by atoms with Crippen molar-refractivity contribution >= 4 is 0 Å². The molecule has 1 unspecified atom stereocenters. The largest absolute Gasteiger partial charge is 0.396 e. The first-order valence-corrected chi connectivity index (χ1v) is 5.77. The molecule has 3 heteroatoms. The Morgan fingerprint density at radius 3 is 2.57 bits per heavy atom. The lowest BCUT2D eigenvalue weighted by Crippen LogP contribution is -2.40. The summed E-state index contributed by atoms with van der Waals surface area (Å²) in [6.45, 7) is 7.77. The van der Waals surface area contributed by atoms with Crippen LogP contribution in [0.5, 0.6) is 0 Å². The van der Waals surface area contributed by atoms with Gasteiger partial charge in [0.2, 0.25) is 0 Å². The van der Waals surface area contributed by atoms with Crippen LogP contribution in [-0.2, 0) is 0 Å². The normalized spacial score (nSPS) is 13.5. The summed E-state index contributed by atoms with van der Waals surface area (Å²) in [5.41, 5.74) is 0. The standard InChI is InChI=1S/C11H26N2O/c1-4-6-8-13(3)10-11(7-9-14)12-5-2/h11-12,14H,4-10H2,1-3H3. The molecule has 0 aliphatic rings. The van der Waals surface area contributed by atoms with Gasteiger partial charge in [-0.1, -0.05) is 20.3 Å². The molecule has 0 amide bonds. The Hall–Kier alpha value is -0.120. The number of likely N-dealkylation sites (N-methyl/N-ethyl adjacent to an activating group) is 2. The van der Waals surface area contributed by atoms with E-state index in [1.165, 1.54) is 12.8 Å². The van der Waals surface area contributed by atoms with E-state index in [0.717, 1.165) is 26.1 Å². The molecular formula is C11H26N2O. The number of unbranched alkanes of at least 4 members (excludes halogenated alkanes) is 1. The fraction of sp³-hybridized carbons (Fsp3) is 1.00. The Morgan fingerprint density at radius 2 is 2.07 bits per heavy atom. The third kappa shape index (κ3) is 7.30. The summed E-state index contributed by atoms with van der Waals surface area (Å²) in [6, 6.07) is 0.437. The van der Waals surface area contributed by atoms with E-state index in [-0.39, 0.29) is 6.61 Å². The summed E-state index contributed by atoms with van der Waals surface area (Å²) in [7, 11) is 2.15. The first kappa shape index (κ1) is 13.9. The molecular weight excluding hydrogens is 176 g/mol. The highest BCUT2D eigenvalue weighted by atomic mass is 16.3. The average Bonchev–Trinajstić information content (AvgIpc) is 2.15. The monoisotopic (exact) mass is 202 g/mol. The van der Waals surface area contributed by atoms with Gasteiger partial charge >= 0.3 is 0 Å². The zero-order valence-corrected chi connectivity index (χ0v) is 9.92. The Bertz CT molecular complexity index is 114. The molecule has 0 aromatic rings. The molecule has 0 aliphatic carbocycles. The number of aliphatic hydroxyl groups is 1. The van der Waals surface area contributed by atoms with Crippen molar-refractivity contribution in [1.82, 2.24) is 10.2 Å². The van der Waals surface area contributed by atoms with Crippen LogP contribution >= 0.6 is 0 Å². The molecule has 0 fully saturated rings. The van der Waals surface area contributed by atoms with E-state index in [0.29, 0.717) is 6.04 Å². The van der Waals surface area contributed by atoms with E-state index in [4.69, 9.17) is 5.11 Å². The van der Waals surface area contributed by atoms with Gasteiger partial charge < -0.3 is 15.3 Å². The molecule has 0 saturated carbocycles. The highest BCUT2D eigenvalue weighted by Crippen LogP contribution is 1.97. The highest BCUT2D eigenvalue weighted by molar-refractivity contribution is 4.69. The van der Waals surface area contributed by atoms with Crippen molar-refractivity contribution in [2.45, 2.75) is 39.2 Å². The third-order valence-corrected chi connectivity index (χ3v) is 2.40. The van der Waals surface area contributed by atoms with Gasteiger partial charge in [-0.3, -0.25) is 0 Å². The maximum Gasteiger partial charge on any atom is 0.0446 e. The van der Waals surface area contributed by atoms with Gasteiger partial charge in [-0.15, -0.1) is 0 Å². The van der Waals surface area contributed by atoms with Gasteiger partial charge in [0.25, 0.3) is 0 Å². The van der Waals surface area contributed by atoms with Gasteiger partial charge in [0, 0.05) is 19.2 Å². The van der Waals surface area contributed by atoms with Crippen molar-refractivity contribution in [3.05, 3.63) is 0 Å². The second-order valence-electron chi connectivity index (χ2n) is 3.88. The fourth-order valence-electron chi connectivity index (χ4n) is 1.60. The minimum absolute atomic E-state index is 0.277. The average molecular weight is 202 g/mol. The third-order valence-electron chi connectivity index (χ3n) is 2.40. The van der Waals surface area contributed by atoms with E-state index >= 15 is 0 Å². The van der Waals surface area contributed by atoms with Gasteiger partial charge in [0.1, 0.15) is 0 Å². The molecule has 0 rings (SSSR count). The number of rotatable bonds is 9. The molecule has 0 aromatic heterocycles. The Labute approximate surface area is 88.5 Å². The summed E-state index contributed by atoms with van der Waals surface area (Å²) >= 11 is 0. The lowest BCUT2D eigenvalue weighted by atomic mass is 10.2. The SMILES string of the molecule is CCCCN(C)CC(CCO)NCC. The molecule has 3 nitrogen and oxygen atoms in total. The van der Waals surface area contributed by atoms with Crippen LogP contribution in [0.4, 0.5) is 0 Å². The molecule has 86 valence electrons. The molecule has 0 radical (unpaired) electrons. The summed E-state index contributed by atoms with van der Waals surface area (Å²) in [4.78, 5) is 2.34. The van der Waals surface area contributed by atoms with Crippen LogP contribution in [-0.4, -0.2) is 49.3 Å². The van der Waals surface area contributed by atoms with Gasteiger partial charge in [-0.25, -0.2) is 0 Å². The first-order chi connectivity index (χ1) is 6.74. The van der Waals surface area contributed by atoms with Crippen molar-refractivity contribution in [3.8, 4) is 0 Å². The van der Waals surface area contributed by atoms with Crippen LogP contribution in [0.1, 0.15) is 33.1 Å². The topological polar surface area (TPSA) is 35.5 Å². The second-order valence-corrected chi connectivity index (χ2v) is 3.88. The van der Waals surface area contributed by atoms with E-state index in [1.54, 1.807) is 0 Å². The molecule has 0 aromatic carbocycles. The number of hydrogen-bond acceptors (Lipinski definition) is 3. The lowest BCUT2D eigenvalue weighted by molar-refractivity contribution is 0.229. The first-order valence-electron chi connectivity index (χ1n) is 5.77. The van der Waals surface area contributed by atoms with Gasteiger partial charge in [-0.2, -0.15) is 0 Å². The van der Waals surface area contributed by atoms with Crippen molar-refractivity contribution in [3.63, 3.8) is 0 Å². The summed E-state index contributed by atoms with van der Waals surface area (Å²) in [5.74, 6) is 0. The molecule has 0 spiro atoms. The van der Waals surface area contributed by atoms with Crippen molar-refractivity contribution in [2.24, 2.45) is 0 Å². The van der Waals surface area contributed by atoms with Gasteiger partial charge in [-0.05, 0) is 33.0 Å². The van der Waals surface area contributed by atoms with E-state index in [9.17, 15) is 0 Å². The molecule has 0 heterocycles. The Balaban J connectivity index is 3.64. The maximum absolute atomic E-state index is 8.89. The van der Waals surface area contributed by atoms with E-state index in [2.05, 4.69) is 31.1 Å². The van der Waals surface area contributed by atoms with Crippen LogP contribution < -0.4 is 5.32 Å². The van der Waals surface area contributed by atoms with Crippen LogP contribution in [0.2, 0.25) is 0 Å². The van der Waals surface area contributed by atoms with Crippen molar-refractivity contribution < 1.29 is 5.11 Å².